The largest absolute Gasteiger partial charge is 0.356 e. The summed E-state index contributed by atoms with van der Waals surface area (Å²) in [6, 6.07) is 0. The van der Waals surface area contributed by atoms with Crippen molar-refractivity contribution in [1.29, 1.82) is 0 Å². The molecule has 0 saturated heterocycles. The van der Waals surface area contributed by atoms with Crippen molar-refractivity contribution in [3.63, 3.8) is 0 Å². The number of ketones is 1. The van der Waals surface area contributed by atoms with E-state index in [4.69, 9.17) is 0 Å². The minimum atomic E-state index is -0.0710. The van der Waals surface area contributed by atoms with Gasteiger partial charge in [0.25, 0.3) is 0 Å². The molecule has 0 aliphatic rings. The summed E-state index contributed by atoms with van der Waals surface area (Å²) in [5.41, 5.74) is 0. The van der Waals surface area contributed by atoms with Gasteiger partial charge in [0.15, 0.2) is 0 Å². The van der Waals surface area contributed by atoms with E-state index in [-0.39, 0.29) is 11.7 Å². The number of hydrogen-bond donors (Lipinski definition) is 1. The number of carbonyl (C=O) groups is 2. The molecular weight excluding hydrogens is 154 g/mol. The molecule has 3 heteroatoms. The summed E-state index contributed by atoms with van der Waals surface area (Å²) in [5, 5.41) is 2.59. The first-order valence-corrected chi connectivity index (χ1v) is 4.43. The van der Waals surface area contributed by atoms with Crippen molar-refractivity contribution < 1.29 is 9.59 Å². The highest BCUT2D eigenvalue weighted by atomic mass is 16.1. The Morgan fingerprint density at radius 3 is 2.42 bits per heavy atom. The van der Waals surface area contributed by atoms with Crippen LogP contribution in [0.25, 0.3) is 0 Å². The van der Waals surface area contributed by atoms with E-state index in [1.807, 2.05) is 0 Å². The summed E-state index contributed by atoms with van der Waals surface area (Å²) in [6.45, 7) is 4.00. The molecule has 0 spiro atoms. The fourth-order valence-corrected chi connectivity index (χ4v) is 0.877. The van der Waals surface area contributed by atoms with E-state index >= 15 is 0 Å². The highest BCUT2D eigenvalue weighted by Gasteiger charge is 2.00. The Labute approximate surface area is 73.5 Å². The highest BCUT2D eigenvalue weighted by molar-refractivity contribution is 5.79. The Bertz CT molecular complexity index is 155. The standard InChI is InChI=1S/C9H17NO2/c1-3-4-5-9(12)6-7-10-8(2)11/h3-7H2,1-2H3,(H,10,11). The van der Waals surface area contributed by atoms with Crippen LogP contribution in [-0.2, 0) is 9.59 Å². The fraction of sp³-hybridized carbons (Fsp3) is 0.778. The Morgan fingerprint density at radius 1 is 1.25 bits per heavy atom. The number of hydrogen-bond acceptors (Lipinski definition) is 2. The molecule has 0 fully saturated rings. The first-order valence-electron chi connectivity index (χ1n) is 4.43. The molecule has 12 heavy (non-hydrogen) atoms. The minimum absolute atomic E-state index is 0.0710. The second-order valence-corrected chi connectivity index (χ2v) is 2.88. The maximum atomic E-state index is 11.0. The zero-order valence-electron chi connectivity index (χ0n) is 7.85. The summed E-state index contributed by atoms with van der Waals surface area (Å²) in [4.78, 5) is 21.4. The van der Waals surface area contributed by atoms with Gasteiger partial charge in [0.05, 0.1) is 0 Å². The Kier molecular flexibility index (Phi) is 6.34. The number of unbranched alkanes of at least 4 members (excludes halogenated alkanes) is 1. The van der Waals surface area contributed by atoms with Crippen molar-refractivity contribution in [2.24, 2.45) is 0 Å². The third-order valence-electron chi connectivity index (χ3n) is 1.59. The lowest BCUT2D eigenvalue weighted by molar-refractivity contribution is -0.120. The number of amides is 1. The number of nitrogens with one attached hydrogen (secondary N) is 1. The van der Waals surface area contributed by atoms with E-state index < -0.39 is 0 Å². The topological polar surface area (TPSA) is 46.2 Å². The van der Waals surface area contributed by atoms with Crippen LogP contribution in [0.2, 0.25) is 0 Å². The molecule has 1 N–H and O–H groups in total. The van der Waals surface area contributed by atoms with Gasteiger partial charge in [-0.05, 0) is 6.42 Å². The van der Waals surface area contributed by atoms with Crippen LogP contribution in [0.15, 0.2) is 0 Å². The smallest absolute Gasteiger partial charge is 0.216 e. The molecule has 0 heterocycles. The molecule has 0 aromatic carbocycles. The monoisotopic (exact) mass is 171 g/mol. The third kappa shape index (κ3) is 7.25. The molecule has 70 valence electrons. The summed E-state index contributed by atoms with van der Waals surface area (Å²) in [5.74, 6) is 0.170. The SMILES string of the molecule is CCCCC(=O)CCNC(C)=O. The van der Waals surface area contributed by atoms with Crippen LogP contribution in [0.1, 0.15) is 39.5 Å². The Hall–Kier alpha value is -0.860. The second-order valence-electron chi connectivity index (χ2n) is 2.88. The molecule has 3 nitrogen and oxygen atoms in total. The Balaban J connectivity index is 3.25. The second kappa shape index (κ2) is 6.83. The van der Waals surface area contributed by atoms with Gasteiger partial charge in [-0.3, -0.25) is 9.59 Å². The van der Waals surface area contributed by atoms with Gasteiger partial charge in [-0.15, -0.1) is 0 Å². The highest BCUT2D eigenvalue weighted by Crippen LogP contribution is 1.97. The zero-order chi connectivity index (χ0) is 9.40. The minimum Gasteiger partial charge on any atom is -0.356 e. The van der Waals surface area contributed by atoms with Crippen molar-refractivity contribution >= 4 is 11.7 Å². The first kappa shape index (κ1) is 11.1. The molecule has 0 aromatic rings. The molecule has 0 unspecified atom stereocenters. The summed E-state index contributed by atoms with van der Waals surface area (Å²) in [7, 11) is 0. The van der Waals surface area contributed by atoms with Crippen LogP contribution in [0, 0.1) is 0 Å². The fourth-order valence-electron chi connectivity index (χ4n) is 0.877. The summed E-state index contributed by atoms with van der Waals surface area (Å²) in [6.07, 6.45) is 3.13. The van der Waals surface area contributed by atoms with Gasteiger partial charge in [0, 0.05) is 26.3 Å². The van der Waals surface area contributed by atoms with Crippen LogP contribution in [0.3, 0.4) is 0 Å². The normalized spacial score (nSPS) is 9.50. The van der Waals surface area contributed by atoms with Crippen LogP contribution in [0.5, 0.6) is 0 Å². The molecule has 0 radical (unpaired) electrons. The van der Waals surface area contributed by atoms with E-state index in [0.717, 1.165) is 12.8 Å². The van der Waals surface area contributed by atoms with Crippen molar-refractivity contribution in [3.05, 3.63) is 0 Å². The number of rotatable bonds is 6. The average Bonchev–Trinajstić information content (AvgIpc) is 2.00. The van der Waals surface area contributed by atoms with Crippen LogP contribution in [-0.4, -0.2) is 18.2 Å². The van der Waals surface area contributed by atoms with Gasteiger partial charge in [-0.1, -0.05) is 13.3 Å². The van der Waals surface area contributed by atoms with Gasteiger partial charge in [-0.25, -0.2) is 0 Å². The van der Waals surface area contributed by atoms with Crippen molar-refractivity contribution in [2.75, 3.05) is 6.54 Å². The third-order valence-corrected chi connectivity index (χ3v) is 1.59. The van der Waals surface area contributed by atoms with E-state index in [1.54, 1.807) is 0 Å². The van der Waals surface area contributed by atoms with Gasteiger partial charge in [0.2, 0.25) is 5.91 Å². The molecule has 0 saturated carbocycles. The van der Waals surface area contributed by atoms with E-state index in [0.29, 0.717) is 19.4 Å². The number of carbonyl (C=O) groups excluding carboxylic acids is 2. The van der Waals surface area contributed by atoms with Gasteiger partial charge >= 0.3 is 0 Å². The van der Waals surface area contributed by atoms with Crippen molar-refractivity contribution in [3.8, 4) is 0 Å². The predicted octanol–water partition coefficient (Wildman–Crippen LogP) is 1.27. The molecular formula is C9H17NO2. The van der Waals surface area contributed by atoms with Crippen LogP contribution in [0.4, 0.5) is 0 Å². The maximum Gasteiger partial charge on any atom is 0.216 e. The lowest BCUT2D eigenvalue weighted by atomic mass is 10.1. The summed E-state index contributed by atoms with van der Waals surface area (Å²) < 4.78 is 0. The van der Waals surface area contributed by atoms with E-state index in [9.17, 15) is 9.59 Å². The van der Waals surface area contributed by atoms with Crippen molar-refractivity contribution in [2.45, 2.75) is 39.5 Å². The van der Waals surface area contributed by atoms with Gasteiger partial charge < -0.3 is 5.32 Å². The van der Waals surface area contributed by atoms with Crippen molar-refractivity contribution in [1.82, 2.24) is 5.32 Å². The molecule has 1 amide bonds. The molecule has 0 rings (SSSR count). The van der Waals surface area contributed by atoms with Gasteiger partial charge in [0.1, 0.15) is 5.78 Å². The lowest BCUT2D eigenvalue weighted by Gasteiger charge is -2.00. The predicted molar refractivity (Wildman–Crippen MR) is 47.8 cm³/mol. The quantitative estimate of drug-likeness (QED) is 0.654. The molecule has 0 atom stereocenters. The van der Waals surface area contributed by atoms with E-state index in [1.165, 1.54) is 6.92 Å². The molecule has 0 aromatic heterocycles. The Morgan fingerprint density at radius 2 is 1.92 bits per heavy atom. The number of Topliss-reactive ketones (excluding diaryl/α,β-unsaturated/α-hetero) is 1. The maximum absolute atomic E-state index is 11.0. The zero-order valence-corrected chi connectivity index (χ0v) is 7.85. The van der Waals surface area contributed by atoms with Crippen LogP contribution >= 0.6 is 0 Å². The molecule has 0 bridgehead atoms. The van der Waals surface area contributed by atoms with E-state index in [2.05, 4.69) is 12.2 Å². The van der Waals surface area contributed by atoms with Crippen LogP contribution < -0.4 is 5.32 Å². The first-order chi connectivity index (χ1) is 5.66. The average molecular weight is 171 g/mol. The summed E-state index contributed by atoms with van der Waals surface area (Å²) >= 11 is 0. The lowest BCUT2D eigenvalue weighted by Crippen LogP contribution is -2.22. The molecule has 0 aliphatic carbocycles. The molecule has 0 aliphatic heterocycles. The van der Waals surface area contributed by atoms with Gasteiger partial charge in [-0.2, -0.15) is 0 Å².